The van der Waals surface area contributed by atoms with Crippen LogP contribution < -0.4 is 9.47 Å². The van der Waals surface area contributed by atoms with Gasteiger partial charge in [0.2, 0.25) is 11.8 Å². The van der Waals surface area contributed by atoms with Crippen LogP contribution in [-0.2, 0) is 14.3 Å². The number of benzene rings is 2. The number of carbonyl (C=O) groups excluding carboxylic acids is 1. The Bertz CT molecular complexity index is 1080. The minimum atomic E-state index is -0.618. The molecule has 0 unspecified atom stereocenters. The van der Waals surface area contributed by atoms with Crippen molar-refractivity contribution in [3.8, 4) is 17.6 Å². The van der Waals surface area contributed by atoms with Crippen molar-refractivity contribution >= 4 is 23.7 Å². The van der Waals surface area contributed by atoms with E-state index in [2.05, 4.69) is 4.99 Å². The number of rotatable bonds is 8. The van der Waals surface area contributed by atoms with E-state index in [1.807, 2.05) is 6.07 Å². The maximum Gasteiger partial charge on any atom is 0.341 e. The number of carbonyl (C=O) groups is 1. The molecule has 31 heavy (non-hydrogen) atoms. The Morgan fingerprint density at radius 3 is 2.39 bits per heavy atom. The average molecular weight is 419 g/mol. The number of nitriles is 1. The third kappa shape index (κ3) is 6.30. The van der Waals surface area contributed by atoms with Gasteiger partial charge in [0.25, 0.3) is 0 Å². The smallest absolute Gasteiger partial charge is 0.341 e. The van der Waals surface area contributed by atoms with Gasteiger partial charge < -0.3 is 18.9 Å². The van der Waals surface area contributed by atoms with Crippen LogP contribution in [0.15, 0.2) is 71.7 Å². The predicted molar refractivity (Wildman–Crippen MR) is 116 cm³/mol. The molecule has 0 aromatic heterocycles. The summed E-state index contributed by atoms with van der Waals surface area (Å²) in [6.45, 7) is 1.69. The highest BCUT2D eigenvalue weighted by molar-refractivity contribution is 6.17. The molecule has 0 radical (unpaired) electrons. The highest BCUT2D eigenvalue weighted by Gasteiger charge is 2.18. The quantitative estimate of drug-likeness (QED) is 0.227. The fourth-order valence-corrected chi connectivity index (χ4v) is 2.47. The van der Waals surface area contributed by atoms with Gasteiger partial charge in [-0.2, -0.15) is 5.26 Å². The fourth-order valence-electron chi connectivity index (χ4n) is 2.47. The van der Waals surface area contributed by atoms with Gasteiger partial charge in [0.1, 0.15) is 23.1 Å². The Hall–Kier alpha value is -4.38. The number of hydrogen-bond donors (Lipinski definition) is 1. The lowest BCUT2D eigenvalue weighted by Crippen LogP contribution is -2.10. The maximum atomic E-state index is 12.1. The SMILES string of the molecule is C/C=N\C(=C/C(=N)Oc1ccccc1C(=COC)C(=O)OC)Oc1ccccc1C#N. The summed E-state index contributed by atoms with van der Waals surface area (Å²) in [5, 5.41) is 17.4. The highest BCUT2D eigenvalue weighted by atomic mass is 16.5. The number of para-hydroxylation sites is 2. The number of methoxy groups -OCH3 is 2. The topological polar surface area (TPSA) is 114 Å². The maximum absolute atomic E-state index is 12.1. The summed E-state index contributed by atoms with van der Waals surface area (Å²) >= 11 is 0. The minimum Gasteiger partial charge on any atom is -0.503 e. The molecular weight excluding hydrogens is 398 g/mol. The van der Waals surface area contributed by atoms with Gasteiger partial charge in [-0.05, 0) is 25.1 Å². The highest BCUT2D eigenvalue weighted by Crippen LogP contribution is 2.27. The zero-order valence-corrected chi connectivity index (χ0v) is 17.3. The molecule has 0 amide bonds. The number of nitrogens with one attached hydrogen (secondary N) is 1. The van der Waals surface area contributed by atoms with Crippen LogP contribution in [0.5, 0.6) is 11.5 Å². The first-order chi connectivity index (χ1) is 15.0. The zero-order valence-electron chi connectivity index (χ0n) is 17.3. The Balaban J connectivity index is 2.33. The van der Waals surface area contributed by atoms with Crippen LogP contribution in [0.3, 0.4) is 0 Å². The van der Waals surface area contributed by atoms with Crippen molar-refractivity contribution in [2.24, 2.45) is 4.99 Å². The number of ether oxygens (including phenoxy) is 4. The normalized spacial score (nSPS) is 11.5. The molecule has 2 aromatic carbocycles. The first kappa shape index (κ1) is 22.9. The molecule has 0 bridgehead atoms. The molecule has 0 aliphatic carbocycles. The van der Waals surface area contributed by atoms with Crippen LogP contribution in [0.1, 0.15) is 18.1 Å². The molecule has 8 heteroatoms. The molecule has 0 aliphatic heterocycles. The summed E-state index contributed by atoms with van der Waals surface area (Å²) < 4.78 is 21.1. The molecule has 1 N–H and O–H groups in total. The summed E-state index contributed by atoms with van der Waals surface area (Å²) in [5.74, 6) is -0.342. The van der Waals surface area contributed by atoms with Crippen LogP contribution in [0.2, 0.25) is 0 Å². The van der Waals surface area contributed by atoms with E-state index >= 15 is 0 Å². The molecule has 0 atom stereocenters. The molecule has 0 heterocycles. The van der Waals surface area contributed by atoms with Crippen molar-refractivity contribution in [1.82, 2.24) is 0 Å². The average Bonchev–Trinajstić information content (AvgIpc) is 2.78. The molecule has 0 saturated carbocycles. The van der Waals surface area contributed by atoms with E-state index in [0.717, 1.165) is 0 Å². The molecule has 0 spiro atoms. The summed E-state index contributed by atoms with van der Waals surface area (Å²) in [4.78, 5) is 16.2. The summed E-state index contributed by atoms with van der Waals surface area (Å²) in [7, 11) is 2.66. The molecule has 2 rings (SSSR count). The van der Waals surface area contributed by atoms with Crippen LogP contribution in [0.4, 0.5) is 0 Å². The molecule has 158 valence electrons. The molecule has 8 nitrogen and oxygen atoms in total. The number of nitrogens with zero attached hydrogens (tertiary/aromatic N) is 2. The van der Waals surface area contributed by atoms with Gasteiger partial charge >= 0.3 is 5.97 Å². The van der Waals surface area contributed by atoms with Gasteiger partial charge in [-0.3, -0.25) is 5.41 Å². The predicted octanol–water partition coefficient (Wildman–Crippen LogP) is 4.09. The van der Waals surface area contributed by atoms with E-state index in [-0.39, 0.29) is 23.1 Å². The van der Waals surface area contributed by atoms with Gasteiger partial charge in [-0.15, -0.1) is 0 Å². The largest absolute Gasteiger partial charge is 0.503 e. The van der Waals surface area contributed by atoms with Gasteiger partial charge in [0.05, 0.1) is 32.1 Å². The molecular formula is C23H21N3O5. The first-order valence-corrected chi connectivity index (χ1v) is 9.08. The first-order valence-electron chi connectivity index (χ1n) is 9.08. The minimum absolute atomic E-state index is 0.0494. The second-order valence-electron chi connectivity index (χ2n) is 5.80. The lowest BCUT2D eigenvalue weighted by Gasteiger charge is -2.12. The van der Waals surface area contributed by atoms with Gasteiger partial charge in [0, 0.05) is 11.8 Å². The molecule has 0 saturated heterocycles. The number of aliphatic imine (C=N–C) groups is 1. The van der Waals surface area contributed by atoms with E-state index < -0.39 is 5.97 Å². The van der Waals surface area contributed by atoms with E-state index in [9.17, 15) is 10.1 Å². The standard InChI is InChI=1S/C23H21N3O5/c1-4-26-22(31-19-11-7-5-9-16(19)14-24)13-21(25)30-20-12-8-6-10-17(20)18(15-28-2)23(27)29-3/h4-13,15,25H,1-3H3/b18-15?,22-13+,25-21?,26-4-. The van der Waals surface area contributed by atoms with Crippen molar-refractivity contribution in [2.75, 3.05) is 14.2 Å². The van der Waals surface area contributed by atoms with Crippen LogP contribution >= 0.6 is 0 Å². The van der Waals surface area contributed by atoms with Crippen molar-refractivity contribution in [3.63, 3.8) is 0 Å². The van der Waals surface area contributed by atoms with Crippen LogP contribution in [0, 0.1) is 16.7 Å². The Kier molecular flexibility index (Phi) is 8.56. The second-order valence-corrected chi connectivity index (χ2v) is 5.80. The van der Waals surface area contributed by atoms with E-state index in [1.165, 1.54) is 32.8 Å². The summed E-state index contributed by atoms with van der Waals surface area (Å²) in [6, 6.07) is 15.3. The number of esters is 1. The van der Waals surface area contributed by atoms with Gasteiger partial charge in [-0.25, -0.2) is 9.79 Å². The van der Waals surface area contributed by atoms with E-state index in [4.69, 9.17) is 24.4 Å². The van der Waals surface area contributed by atoms with Crippen LogP contribution in [0.25, 0.3) is 5.57 Å². The molecule has 0 aliphatic rings. The lowest BCUT2D eigenvalue weighted by atomic mass is 10.1. The summed E-state index contributed by atoms with van der Waals surface area (Å²) in [6.07, 6.45) is 3.98. The third-order valence-electron chi connectivity index (χ3n) is 3.77. The molecule has 2 aromatic rings. The third-order valence-corrected chi connectivity index (χ3v) is 3.77. The van der Waals surface area contributed by atoms with Crippen molar-refractivity contribution in [1.29, 1.82) is 10.7 Å². The van der Waals surface area contributed by atoms with Gasteiger partial charge in [-0.1, -0.05) is 30.3 Å². The van der Waals surface area contributed by atoms with Crippen molar-refractivity contribution in [2.45, 2.75) is 6.92 Å². The van der Waals surface area contributed by atoms with Crippen molar-refractivity contribution < 1.29 is 23.7 Å². The Morgan fingerprint density at radius 2 is 1.74 bits per heavy atom. The van der Waals surface area contributed by atoms with E-state index in [0.29, 0.717) is 16.9 Å². The van der Waals surface area contributed by atoms with Crippen LogP contribution in [-0.4, -0.2) is 32.3 Å². The van der Waals surface area contributed by atoms with E-state index in [1.54, 1.807) is 55.5 Å². The van der Waals surface area contributed by atoms with Crippen molar-refractivity contribution in [3.05, 3.63) is 77.9 Å². The van der Waals surface area contributed by atoms with Gasteiger partial charge in [0.15, 0.2) is 0 Å². The Labute approximate surface area is 180 Å². The monoisotopic (exact) mass is 419 g/mol. The second kappa shape index (κ2) is 11.6. The lowest BCUT2D eigenvalue weighted by molar-refractivity contribution is -0.133. The Morgan fingerprint density at radius 1 is 1.06 bits per heavy atom. The summed E-state index contributed by atoms with van der Waals surface area (Å²) in [5.41, 5.74) is 0.832. The zero-order chi connectivity index (χ0) is 22.6. The molecule has 0 fully saturated rings. The number of hydrogen-bond acceptors (Lipinski definition) is 8. The fraction of sp³-hybridized carbons (Fsp3) is 0.130.